The summed E-state index contributed by atoms with van der Waals surface area (Å²) < 4.78 is 5.45. The maximum atomic E-state index is 14.4. The molecule has 1 aromatic carbocycles. The lowest BCUT2D eigenvalue weighted by Crippen LogP contribution is -2.59. The first-order chi connectivity index (χ1) is 21.7. The van der Waals surface area contributed by atoms with Gasteiger partial charge in [0.05, 0.1) is 18.3 Å². The smallest absolute Gasteiger partial charge is 0.408 e. The van der Waals surface area contributed by atoms with Gasteiger partial charge in [0.2, 0.25) is 17.6 Å². The van der Waals surface area contributed by atoms with Gasteiger partial charge < -0.3 is 30.4 Å². The van der Waals surface area contributed by atoms with E-state index in [1.54, 1.807) is 48.5 Å². The van der Waals surface area contributed by atoms with E-state index in [1.807, 2.05) is 0 Å². The summed E-state index contributed by atoms with van der Waals surface area (Å²) >= 11 is 0. The van der Waals surface area contributed by atoms with Crippen molar-refractivity contribution in [2.24, 2.45) is 10.6 Å². The van der Waals surface area contributed by atoms with Crippen LogP contribution in [-0.4, -0.2) is 82.6 Å². The number of ether oxygens (including phenoxy) is 1. The lowest BCUT2D eigenvalue weighted by Gasteiger charge is -2.36. The molecule has 1 spiro atoms. The molecule has 0 unspecified atom stereocenters. The third-order valence-electron chi connectivity index (χ3n) is 8.44. The number of Topliss-reactive ketones (excluding diaryl/α,β-unsaturated/α-hetero) is 1. The van der Waals surface area contributed by atoms with E-state index in [1.165, 1.54) is 17.4 Å². The van der Waals surface area contributed by atoms with Crippen LogP contribution in [0.25, 0.3) is 0 Å². The molecule has 2 aliphatic rings. The Morgan fingerprint density at radius 1 is 1.04 bits per heavy atom. The van der Waals surface area contributed by atoms with E-state index in [-0.39, 0.29) is 19.5 Å². The molecule has 1 saturated heterocycles. The molecule has 2 aliphatic heterocycles. The molecule has 2 heterocycles. The molecule has 0 radical (unpaired) electrons. The summed E-state index contributed by atoms with van der Waals surface area (Å²) in [6, 6.07) is 0.925. The van der Waals surface area contributed by atoms with Gasteiger partial charge in [0, 0.05) is 19.4 Å². The number of nitrogens with one attached hydrogen (secondary N) is 3. The predicted molar refractivity (Wildman–Crippen MR) is 179 cm³/mol. The van der Waals surface area contributed by atoms with Gasteiger partial charge in [-0.3, -0.25) is 19.2 Å². The summed E-state index contributed by atoms with van der Waals surface area (Å²) in [5, 5.41) is 12.2. The van der Waals surface area contributed by atoms with Gasteiger partial charge >= 0.3 is 6.09 Å². The predicted octanol–water partition coefficient (Wildman–Crippen LogP) is 3.87. The van der Waals surface area contributed by atoms with Gasteiger partial charge in [-0.15, -0.1) is 0 Å². The van der Waals surface area contributed by atoms with Crippen molar-refractivity contribution in [3.63, 3.8) is 0 Å². The summed E-state index contributed by atoms with van der Waals surface area (Å²) in [4.78, 5) is 73.3. The third kappa shape index (κ3) is 9.10. The molecule has 12 nitrogen and oxygen atoms in total. The highest BCUT2D eigenvalue weighted by atomic mass is 16.7. The molecule has 0 saturated carbocycles. The van der Waals surface area contributed by atoms with Crippen molar-refractivity contribution >= 4 is 35.3 Å². The lowest BCUT2D eigenvalue weighted by molar-refractivity contribution is -0.144. The Morgan fingerprint density at radius 3 is 2.19 bits per heavy atom. The Kier molecular flexibility index (Phi) is 11.5. The minimum Gasteiger partial charge on any atom is -0.444 e. The van der Waals surface area contributed by atoms with Crippen LogP contribution in [0.5, 0.6) is 0 Å². The standard InChI is InChI=1S/C35H53N5O7/c1-12-14-24-20(3)15-23(16-21(24)4)25-17-35(47-39-25)18-26(29(42)37-22(5)27(41)30(43)36-13-2)40(19-35)31(44)28(33(6,7)8)38-32(45)46-34(9,10)11/h15-16,22,26,28H,12-14,17-19H2,1-11H3,(H,36,43)(H,37,42)(H,38,45)/t22-,26-,28+,35+/m0/s1. The quantitative estimate of drug-likeness (QED) is 0.323. The minimum absolute atomic E-state index is 0.0179. The molecule has 1 fully saturated rings. The van der Waals surface area contributed by atoms with Crippen molar-refractivity contribution in [1.82, 2.24) is 20.9 Å². The van der Waals surface area contributed by atoms with Gasteiger partial charge in [0.25, 0.3) is 5.91 Å². The van der Waals surface area contributed by atoms with Crippen LogP contribution in [0.3, 0.4) is 0 Å². The number of likely N-dealkylation sites (tertiary alicyclic amines) is 1. The number of aryl methyl sites for hydroxylation is 2. The Hall–Kier alpha value is -3.96. The Morgan fingerprint density at radius 2 is 1.66 bits per heavy atom. The number of carbonyl (C=O) groups excluding carboxylic acids is 5. The third-order valence-corrected chi connectivity index (χ3v) is 8.44. The average molecular weight is 656 g/mol. The van der Waals surface area contributed by atoms with Gasteiger partial charge in [-0.1, -0.05) is 39.3 Å². The zero-order chi connectivity index (χ0) is 35.5. The van der Waals surface area contributed by atoms with Crippen molar-refractivity contribution < 1.29 is 33.5 Å². The van der Waals surface area contributed by atoms with E-state index in [0.717, 1.165) is 29.5 Å². The molecule has 0 aromatic heterocycles. The van der Waals surface area contributed by atoms with Crippen LogP contribution in [0.2, 0.25) is 0 Å². The first-order valence-corrected chi connectivity index (χ1v) is 16.5. The zero-order valence-electron chi connectivity index (χ0n) is 29.9. The van der Waals surface area contributed by atoms with E-state index in [2.05, 4.69) is 54.0 Å². The maximum absolute atomic E-state index is 14.4. The summed E-state index contributed by atoms with van der Waals surface area (Å²) in [5.41, 5.74) is 2.70. The monoisotopic (exact) mass is 655 g/mol. The highest BCUT2D eigenvalue weighted by molar-refractivity contribution is 6.38. The van der Waals surface area contributed by atoms with E-state index >= 15 is 0 Å². The van der Waals surface area contributed by atoms with Crippen molar-refractivity contribution in [1.29, 1.82) is 0 Å². The van der Waals surface area contributed by atoms with Crippen LogP contribution in [0.15, 0.2) is 17.3 Å². The van der Waals surface area contributed by atoms with Crippen LogP contribution in [0.1, 0.15) is 104 Å². The van der Waals surface area contributed by atoms with Gasteiger partial charge in [-0.2, -0.15) is 0 Å². The largest absolute Gasteiger partial charge is 0.444 e. The molecule has 12 heteroatoms. The normalized spacial score (nSPS) is 20.6. The fourth-order valence-electron chi connectivity index (χ4n) is 6.15. The SMILES string of the molecule is CCCc1c(C)cc(C2=NO[C@]3(C2)C[C@@H](C(=O)N[C@@H](C)C(=O)C(=O)NCC)N(C(=O)[C@@H](NC(=O)OC(C)(C)C)C(C)(C)C)C3)cc1C. The summed E-state index contributed by atoms with van der Waals surface area (Å²) in [5.74, 6) is -2.73. The van der Waals surface area contributed by atoms with Gasteiger partial charge in [-0.25, -0.2) is 4.79 Å². The molecule has 0 aliphatic carbocycles. The topological polar surface area (TPSA) is 155 Å². The Bertz CT molecular complexity index is 1400. The summed E-state index contributed by atoms with van der Waals surface area (Å²) in [7, 11) is 0. The molecule has 3 N–H and O–H groups in total. The highest BCUT2D eigenvalue weighted by Crippen LogP contribution is 2.40. The number of nitrogens with zero attached hydrogens (tertiary/aromatic N) is 2. The molecule has 1 aromatic rings. The van der Waals surface area contributed by atoms with Gasteiger partial charge in [-0.05, 0) is 94.7 Å². The fraction of sp³-hybridized carbons (Fsp3) is 0.657. The van der Waals surface area contributed by atoms with E-state index in [4.69, 9.17) is 9.57 Å². The van der Waals surface area contributed by atoms with E-state index in [9.17, 15) is 24.0 Å². The molecule has 260 valence electrons. The average Bonchev–Trinajstić information content (AvgIpc) is 3.55. The first-order valence-electron chi connectivity index (χ1n) is 16.5. The molecular weight excluding hydrogens is 602 g/mol. The molecular formula is C35H53N5O7. The van der Waals surface area contributed by atoms with Crippen LogP contribution in [0, 0.1) is 19.3 Å². The molecule has 0 bridgehead atoms. The fourth-order valence-corrected chi connectivity index (χ4v) is 6.15. The highest BCUT2D eigenvalue weighted by Gasteiger charge is 2.55. The first kappa shape index (κ1) is 37.5. The number of benzene rings is 1. The summed E-state index contributed by atoms with van der Waals surface area (Å²) in [6.07, 6.45) is 1.69. The number of alkyl carbamates (subject to hydrolysis) is 1. The number of oxime groups is 1. The number of hydrogen-bond acceptors (Lipinski definition) is 8. The number of carbonyl (C=O) groups is 5. The Labute approximate surface area is 278 Å². The van der Waals surface area contributed by atoms with E-state index in [0.29, 0.717) is 12.1 Å². The van der Waals surface area contributed by atoms with Crippen LogP contribution >= 0.6 is 0 Å². The second-order valence-corrected chi connectivity index (χ2v) is 14.9. The second kappa shape index (κ2) is 14.4. The number of amides is 4. The van der Waals surface area contributed by atoms with Crippen LogP contribution in [0.4, 0.5) is 4.79 Å². The minimum atomic E-state index is -1.13. The second-order valence-electron chi connectivity index (χ2n) is 14.9. The van der Waals surface area contributed by atoms with Crippen molar-refractivity contribution in [2.45, 2.75) is 131 Å². The van der Waals surface area contributed by atoms with Crippen molar-refractivity contribution in [3.8, 4) is 0 Å². The van der Waals surface area contributed by atoms with Gasteiger partial charge in [0.1, 0.15) is 17.7 Å². The molecule has 3 rings (SSSR count). The summed E-state index contributed by atoms with van der Waals surface area (Å²) in [6.45, 7) is 20.3. The molecule has 4 amide bonds. The van der Waals surface area contributed by atoms with Crippen LogP contribution in [-0.2, 0) is 35.2 Å². The number of likely N-dealkylation sites (N-methyl/N-ethyl adjacent to an activating group) is 1. The van der Waals surface area contributed by atoms with Crippen molar-refractivity contribution in [3.05, 3.63) is 34.4 Å². The van der Waals surface area contributed by atoms with Crippen molar-refractivity contribution in [2.75, 3.05) is 13.1 Å². The van der Waals surface area contributed by atoms with Crippen LogP contribution < -0.4 is 16.0 Å². The lowest BCUT2D eigenvalue weighted by atomic mass is 9.85. The van der Waals surface area contributed by atoms with Gasteiger partial charge in [0.15, 0.2) is 5.60 Å². The number of ketones is 1. The molecule has 47 heavy (non-hydrogen) atoms. The number of hydrogen-bond donors (Lipinski definition) is 3. The molecule has 4 atom stereocenters. The maximum Gasteiger partial charge on any atom is 0.408 e. The number of rotatable bonds is 10. The Balaban J connectivity index is 1.95. The van der Waals surface area contributed by atoms with E-state index < -0.39 is 64.3 Å². The zero-order valence-corrected chi connectivity index (χ0v) is 29.9.